The van der Waals surface area contributed by atoms with Gasteiger partial charge in [0.1, 0.15) is 5.75 Å². The standard InChI is InChI=1S/C26H33N3O3/c1-27-25(31)26-15-22(28-24(30)13-10-19-8-11-23(32-2)12-9-19)14-21(26)17-29(18-26)16-20-6-4-3-5-7-20/h3-9,11-12,21-22H,10,13-18H2,1-2H3,(H,27,31)(H,28,30)/t21-,22-,26-/m0/s1. The third-order valence-corrected chi connectivity index (χ3v) is 7.04. The maximum Gasteiger partial charge on any atom is 0.227 e. The molecule has 0 radical (unpaired) electrons. The number of hydrogen-bond donors (Lipinski definition) is 2. The van der Waals surface area contributed by atoms with Gasteiger partial charge in [-0.2, -0.15) is 0 Å². The molecule has 1 heterocycles. The van der Waals surface area contributed by atoms with Gasteiger partial charge in [-0.1, -0.05) is 42.5 Å². The van der Waals surface area contributed by atoms with Gasteiger partial charge < -0.3 is 15.4 Å². The third-order valence-electron chi connectivity index (χ3n) is 7.04. The topological polar surface area (TPSA) is 70.7 Å². The van der Waals surface area contributed by atoms with E-state index in [4.69, 9.17) is 4.74 Å². The molecule has 4 rings (SSSR count). The third kappa shape index (κ3) is 4.80. The van der Waals surface area contributed by atoms with Crippen molar-refractivity contribution in [2.75, 3.05) is 27.2 Å². The summed E-state index contributed by atoms with van der Waals surface area (Å²) in [5, 5.41) is 6.10. The van der Waals surface area contributed by atoms with Crippen LogP contribution in [0.25, 0.3) is 0 Å². The van der Waals surface area contributed by atoms with Crippen molar-refractivity contribution in [2.24, 2.45) is 11.3 Å². The second kappa shape index (κ2) is 9.74. The molecule has 3 atom stereocenters. The molecule has 0 unspecified atom stereocenters. The van der Waals surface area contributed by atoms with Crippen LogP contribution in [0.2, 0.25) is 0 Å². The second-order valence-electron chi connectivity index (χ2n) is 9.14. The minimum Gasteiger partial charge on any atom is -0.497 e. The van der Waals surface area contributed by atoms with Crippen LogP contribution in [0.5, 0.6) is 5.75 Å². The lowest BCUT2D eigenvalue weighted by Crippen LogP contribution is -2.44. The van der Waals surface area contributed by atoms with Gasteiger partial charge >= 0.3 is 0 Å². The van der Waals surface area contributed by atoms with Crippen LogP contribution >= 0.6 is 0 Å². The van der Waals surface area contributed by atoms with Gasteiger partial charge in [0, 0.05) is 39.1 Å². The van der Waals surface area contributed by atoms with E-state index in [0.717, 1.165) is 37.4 Å². The largest absolute Gasteiger partial charge is 0.497 e. The molecule has 0 aromatic heterocycles. The van der Waals surface area contributed by atoms with E-state index in [1.165, 1.54) is 5.56 Å². The number of hydrogen-bond acceptors (Lipinski definition) is 4. The number of ether oxygens (including phenoxy) is 1. The number of benzene rings is 2. The van der Waals surface area contributed by atoms with Crippen molar-refractivity contribution in [2.45, 2.75) is 38.3 Å². The van der Waals surface area contributed by atoms with Crippen molar-refractivity contribution >= 4 is 11.8 Å². The number of fused-ring (bicyclic) bond motifs is 1. The highest BCUT2D eigenvalue weighted by molar-refractivity contribution is 5.84. The highest BCUT2D eigenvalue weighted by Gasteiger charge is 2.57. The summed E-state index contributed by atoms with van der Waals surface area (Å²) < 4.78 is 5.18. The van der Waals surface area contributed by atoms with Crippen LogP contribution in [0, 0.1) is 11.3 Å². The predicted molar refractivity (Wildman–Crippen MR) is 124 cm³/mol. The van der Waals surface area contributed by atoms with Crippen LogP contribution in [0.1, 0.15) is 30.4 Å². The smallest absolute Gasteiger partial charge is 0.227 e. The molecule has 2 N–H and O–H groups in total. The first kappa shape index (κ1) is 22.3. The van der Waals surface area contributed by atoms with E-state index in [2.05, 4.69) is 39.8 Å². The van der Waals surface area contributed by atoms with Crippen molar-refractivity contribution in [3.63, 3.8) is 0 Å². The average molecular weight is 436 g/mol. The molecular formula is C26H33N3O3. The van der Waals surface area contributed by atoms with Gasteiger partial charge in [-0.05, 0) is 48.4 Å². The van der Waals surface area contributed by atoms with Gasteiger partial charge in [-0.15, -0.1) is 0 Å². The Labute approximate surface area is 190 Å². The number of methoxy groups -OCH3 is 1. The monoisotopic (exact) mass is 435 g/mol. The summed E-state index contributed by atoms with van der Waals surface area (Å²) in [6.45, 7) is 2.49. The zero-order valence-corrected chi connectivity index (χ0v) is 19.0. The number of likely N-dealkylation sites (tertiary alicyclic amines) is 1. The summed E-state index contributed by atoms with van der Waals surface area (Å²) in [5.74, 6) is 1.24. The van der Waals surface area contributed by atoms with Crippen molar-refractivity contribution in [3.05, 3.63) is 65.7 Å². The Hall–Kier alpha value is -2.86. The molecule has 2 aromatic rings. The van der Waals surface area contributed by atoms with Crippen LogP contribution in [-0.2, 0) is 22.6 Å². The predicted octanol–water partition coefficient (Wildman–Crippen LogP) is 2.77. The normalized spacial score (nSPS) is 24.7. The lowest BCUT2D eigenvalue weighted by atomic mass is 9.80. The Morgan fingerprint density at radius 2 is 1.84 bits per heavy atom. The average Bonchev–Trinajstić information content (AvgIpc) is 3.32. The number of nitrogens with one attached hydrogen (secondary N) is 2. The molecule has 0 bridgehead atoms. The molecule has 1 saturated heterocycles. The fourth-order valence-corrected chi connectivity index (χ4v) is 5.50. The first-order valence-corrected chi connectivity index (χ1v) is 11.4. The van der Waals surface area contributed by atoms with E-state index in [1.807, 2.05) is 30.3 Å². The highest BCUT2D eigenvalue weighted by Crippen LogP contribution is 2.49. The molecule has 2 amide bonds. The van der Waals surface area contributed by atoms with E-state index in [0.29, 0.717) is 19.3 Å². The molecule has 32 heavy (non-hydrogen) atoms. The Morgan fingerprint density at radius 3 is 2.53 bits per heavy atom. The number of carbonyl (C=O) groups excluding carboxylic acids is 2. The molecule has 170 valence electrons. The molecule has 6 nitrogen and oxygen atoms in total. The van der Waals surface area contributed by atoms with Gasteiger partial charge in [0.25, 0.3) is 0 Å². The van der Waals surface area contributed by atoms with E-state index in [-0.39, 0.29) is 23.8 Å². The van der Waals surface area contributed by atoms with Gasteiger partial charge in [-0.3, -0.25) is 14.5 Å². The van der Waals surface area contributed by atoms with Crippen LogP contribution in [0.3, 0.4) is 0 Å². The lowest BCUT2D eigenvalue weighted by Gasteiger charge is -2.27. The zero-order valence-electron chi connectivity index (χ0n) is 19.0. The fraction of sp³-hybridized carbons (Fsp3) is 0.462. The van der Waals surface area contributed by atoms with Gasteiger partial charge in [0.2, 0.25) is 11.8 Å². The fourth-order valence-electron chi connectivity index (χ4n) is 5.50. The van der Waals surface area contributed by atoms with E-state index < -0.39 is 5.41 Å². The van der Waals surface area contributed by atoms with Crippen LogP contribution in [0.4, 0.5) is 0 Å². The summed E-state index contributed by atoms with van der Waals surface area (Å²) >= 11 is 0. The minimum absolute atomic E-state index is 0.0546. The van der Waals surface area contributed by atoms with E-state index in [1.54, 1.807) is 14.2 Å². The van der Waals surface area contributed by atoms with Crippen molar-refractivity contribution < 1.29 is 14.3 Å². The van der Waals surface area contributed by atoms with Crippen molar-refractivity contribution in [1.82, 2.24) is 15.5 Å². The summed E-state index contributed by atoms with van der Waals surface area (Å²) in [5.41, 5.74) is 1.96. The summed E-state index contributed by atoms with van der Waals surface area (Å²) in [7, 11) is 3.36. The zero-order chi connectivity index (χ0) is 22.6. The van der Waals surface area contributed by atoms with Gasteiger partial charge in [0.15, 0.2) is 0 Å². The Kier molecular flexibility index (Phi) is 6.80. The molecule has 2 fully saturated rings. The molecular weight excluding hydrogens is 402 g/mol. The Bertz CT molecular complexity index is 931. The molecule has 2 aliphatic rings. The van der Waals surface area contributed by atoms with Gasteiger partial charge in [-0.25, -0.2) is 0 Å². The summed E-state index contributed by atoms with van der Waals surface area (Å²) in [6.07, 6.45) is 2.70. The molecule has 0 spiro atoms. The summed E-state index contributed by atoms with van der Waals surface area (Å²) in [4.78, 5) is 28.0. The minimum atomic E-state index is -0.419. The Balaban J connectivity index is 1.33. The number of aryl methyl sites for hydroxylation is 1. The molecule has 1 saturated carbocycles. The first-order chi connectivity index (χ1) is 15.5. The van der Waals surface area contributed by atoms with E-state index in [9.17, 15) is 9.59 Å². The van der Waals surface area contributed by atoms with Crippen molar-refractivity contribution in [3.8, 4) is 5.75 Å². The molecule has 1 aliphatic heterocycles. The Morgan fingerprint density at radius 1 is 1.09 bits per heavy atom. The lowest BCUT2D eigenvalue weighted by molar-refractivity contribution is -0.131. The molecule has 6 heteroatoms. The SMILES string of the molecule is CNC(=O)[C@]12C[C@@H](NC(=O)CCc3ccc(OC)cc3)C[C@H]1CN(Cc1ccccc1)C2. The van der Waals surface area contributed by atoms with Crippen LogP contribution < -0.4 is 15.4 Å². The summed E-state index contributed by atoms with van der Waals surface area (Å²) in [6, 6.07) is 18.3. The number of nitrogens with zero attached hydrogens (tertiary/aromatic N) is 1. The maximum atomic E-state index is 12.9. The maximum absolute atomic E-state index is 12.9. The first-order valence-electron chi connectivity index (χ1n) is 11.4. The second-order valence-corrected chi connectivity index (χ2v) is 9.14. The van der Waals surface area contributed by atoms with Crippen LogP contribution in [-0.4, -0.2) is 50.0 Å². The van der Waals surface area contributed by atoms with Crippen molar-refractivity contribution in [1.29, 1.82) is 0 Å². The van der Waals surface area contributed by atoms with Crippen LogP contribution in [0.15, 0.2) is 54.6 Å². The molecule has 1 aliphatic carbocycles. The number of amides is 2. The highest BCUT2D eigenvalue weighted by atomic mass is 16.5. The van der Waals surface area contributed by atoms with E-state index >= 15 is 0 Å². The number of rotatable bonds is 8. The van der Waals surface area contributed by atoms with Gasteiger partial charge in [0.05, 0.1) is 12.5 Å². The number of carbonyl (C=O) groups is 2. The quantitative estimate of drug-likeness (QED) is 0.669. The molecule has 2 aromatic carbocycles.